The third-order valence-electron chi connectivity index (χ3n) is 3.35. The molecule has 1 atom stereocenters. The molecule has 1 unspecified atom stereocenters. The van der Waals surface area contributed by atoms with E-state index in [-0.39, 0.29) is 12.4 Å². The van der Waals surface area contributed by atoms with Crippen LogP contribution >= 0.6 is 24.0 Å². The van der Waals surface area contributed by atoms with E-state index in [1.165, 1.54) is 6.42 Å². The van der Waals surface area contributed by atoms with Gasteiger partial charge in [0.1, 0.15) is 5.75 Å². The lowest BCUT2D eigenvalue weighted by Crippen LogP contribution is -2.22. The van der Waals surface area contributed by atoms with Crippen LogP contribution in [0.25, 0.3) is 0 Å². The zero-order chi connectivity index (χ0) is 12.3. The molecule has 1 fully saturated rings. The first kappa shape index (κ1) is 15.6. The highest BCUT2D eigenvalue weighted by Gasteiger charge is 2.21. The molecule has 1 aromatic carbocycles. The number of hydrogen-bond acceptors (Lipinski definition) is 3. The summed E-state index contributed by atoms with van der Waals surface area (Å²) in [6.45, 7) is 3.84. The van der Waals surface area contributed by atoms with Gasteiger partial charge in [-0.15, -0.1) is 12.4 Å². The standard InChI is InChI=1S/C13H19ClN2O.ClH/c1-17-12-2-3-13(14)11(6-12)9-16-5-4-10(7-15)8-16;/h2-3,6,10H,4-5,7-9,15H2,1H3;1H. The van der Waals surface area contributed by atoms with Crippen molar-refractivity contribution in [1.82, 2.24) is 4.90 Å². The van der Waals surface area contributed by atoms with Gasteiger partial charge in [-0.2, -0.15) is 0 Å². The molecule has 1 aromatic rings. The fourth-order valence-electron chi connectivity index (χ4n) is 2.29. The van der Waals surface area contributed by atoms with Crippen LogP contribution in [-0.2, 0) is 6.54 Å². The summed E-state index contributed by atoms with van der Waals surface area (Å²) < 4.78 is 5.22. The summed E-state index contributed by atoms with van der Waals surface area (Å²) in [5, 5.41) is 0.807. The minimum Gasteiger partial charge on any atom is -0.497 e. The Bertz CT molecular complexity index is 387. The third kappa shape index (κ3) is 3.75. The van der Waals surface area contributed by atoms with Gasteiger partial charge in [0.15, 0.2) is 0 Å². The molecule has 18 heavy (non-hydrogen) atoms. The van der Waals surface area contributed by atoms with Crippen LogP contribution in [0, 0.1) is 5.92 Å². The Morgan fingerprint density at radius 2 is 2.28 bits per heavy atom. The van der Waals surface area contributed by atoms with Gasteiger partial charge in [0, 0.05) is 18.1 Å². The Hall–Kier alpha value is -0.480. The van der Waals surface area contributed by atoms with Crippen LogP contribution in [-0.4, -0.2) is 31.6 Å². The van der Waals surface area contributed by atoms with Crippen molar-refractivity contribution in [1.29, 1.82) is 0 Å². The molecule has 2 rings (SSSR count). The van der Waals surface area contributed by atoms with Crippen molar-refractivity contribution in [3.8, 4) is 5.75 Å². The average molecular weight is 291 g/mol. The van der Waals surface area contributed by atoms with Crippen LogP contribution < -0.4 is 10.5 Å². The maximum Gasteiger partial charge on any atom is 0.119 e. The van der Waals surface area contributed by atoms with Gasteiger partial charge in [0.2, 0.25) is 0 Å². The highest BCUT2D eigenvalue weighted by Crippen LogP contribution is 2.25. The van der Waals surface area contributed by atoms with Crippen molar-refractivity contribution in [2.45, 2.75) is 13.0 Å². The number of hydrogen-bond donors (Lipinski definition) is 1. The van der Waals surface area contributed by atoms with Crippen molar-refractivity contribution >= 4 is 24.0 Å². The van der Waals surface area contributed by atoms with Gasteiger partial charge in [-0.3, -0.25) is 4.90 Å². The molecule has 3 nitrogen and oxygen atoms in total. The lowest BCUT2D eigenvalue weighted by atomic mass is 10.1. The molecule has 0 aromatic heterocycles. The van der Waals surface area contributed by atoms with Crippen molar-refractivity contribution in [2.24, 2.45) is 11.7 Å². The Labute approximate surface area is 120 Å². The normalized spacial score (nSPS) is 19.6. The van der Waals surface area contributed by atoms with E-state index in [0.717, 1.165) is 42.5 Å². The van der Waals surface area contributed by atoms with Crippen molar-refractivity contribution in [3.63, 3.8) is 0 Å². The molecule has 0 radical (unpaired) electrons. The van der Waals surface area contributed by atoms with Crippen molar-refractivity contribution in [2.75, 3.05) is 26.7 Å². The minimum absolute atomic E-state index is 0. The Morgan fingerprint density at radius 1 is 1.50 bits per heavy atom. The molecular weight excluding hydrogens is 271 g/mol. The van der Waals surface area contributed by atoms with E-state index in [1.54, 1.807) is 7.11 Å². The first-order valence-corrected chi connectivity index (χ1v) is 6.35. The molecule has 0 bridgehead atoms. The second-order valence-corrected chi connectivity index (χ2v) is 4.99. The number of rotatable bonds is 4. The molecule has 1 saturated heterocycles. The summed E-state index contributed by atoms with van der Waals surface area (Å²) in [6.07, 6.45) is 1.19. The van der Waals surface area contributed by atoms with Gasteiger partial charge in [-0.1, -0.05) is 11.6 Å². The highest BCUT2D eigenvalue weighted by molar-refractivity contribution is 6.31. The summed E-state index contributed by atoms with van der Waals surface area (Å²) in [6, 6.07) is 5.79. The van der Waals surface area contributed by atoms with Gasteiger partial charge < -0.3 is 10.5 Å². The summed E-state index contributed by atoms with van der Waals surface area (Å²) in [4.78, 5) is 2.40. The molecule has 0 amide bonds. The molecule has 0 spiro atoms. The van der Waals surface area contributed by atoms with E-state index in [2.05, 4.69) is 4.90 Å². The molecule has 1 heterocycles. The molecule has 0 saturated carbocycles. The number of nitrogens with zero attached hydrogens (tertiary/aromatic N) is 1. The average Bonchev–Trinajstić information content (AvgIpc) is 2.80. The van der Waals surface area contributed by atoms with Gasteiger partial charge in [0.05, 0.1) is 7.11 Å². The van der Waals surface area contributed by atoms with E-state index >= 15 is 0 Å². The quantitative estimate of drug-likeness (QED) is 0.926. The van der Waals surface area contributed by atoms with Crippen LogP contribution in [0.5, 0.6) is 5.75 Å². The first-order chi connectivity index (χ1) is 8.22. The summed E-state index contributed by atoms with van der Waals surface area (Å²) in [5.41, 5.74) is 6.82. The largest absolute Gasteiger partial charge is 0.497 e. The van der Waals surface area contributed by atoms with Crippen LogP contribution in [0.15, 0.2) is 18.2 Å². The highest BCUT2D eigenvalue weighted by atomic mass is 35.5. The number of ether oxygens (including phenoxy) is 1. The summed E-state index contributed by atoms with van der Waals surface area (Å²) in [5.74, 6) is 1.50. The molecular formula is C13H20Cl2N2O. The fraction of sp³-hybridized carbons (Fsp3) is 0.538. The number of methoxy groups -OCH3 is 1. The first-order valence-electron chi connectivity index (χ1n) is 5.97. The monoisotopic (exact) mass is 290 g/mol. The van der Waals surface area contributed by atoms with E-state index in [1.807, 2.05) is 18.2 Å². The van der Waals surface area contributed by atoms with Crippen LogP contribution in [0.3, 0.4) is 0 Å². The maximum atomic E-state index is 6.19. The van der Waals surface area contributed by atoms with E-state index < -0.39 is 0 Å². The molecule has 0 aliphatic carbocycles. The molecule has 102 valence electrons. The van der Waals surface area contributed by atoms with Crippen LogP contribution in [0.4, 0.5) is 0 Å². The van der Waals surface area contributed by atoms with Crippen molar-refractivity contribution in [3.05, 3.63) is 28.8 Å². The van der Waals surface area contributed by atoms with Crippen LogP contribution in [0.2, 0.25) is 5.02 Å². The number of halogens is 2. The van der Waals surface area contributed by atoms with E-state index in [4.69, 9.17) is 22.1 Å². The SMILES string of the molecule is COc1ccc(Cl)c(CN2CCC(CN)C2)c1.Cl. The predicted octanol–water partition coefficient (Wildman–Crippen LogP) is 2.55. The molecule has 5 heteroatoms. The Balaban J connectivity index is 0.00000162. The lowest BCUT2D eigenvalue weighted by Gasteiger charge is -2.17. The second kappa shape index (κ2) is 7.19. The number of benzene rings is 1. The van der Waals surface area contributed by atoms with Gasteiger partial charge in [0.25, 0.3) is 0 Å². The third-order valence-corrected chi connectivity index (χ3v) is 3.72. The van der Waals surface area contributed by atoms with Crippen LogP contribution in [0.1, 0.15) is 12.0 Å². The Morgan fingerprint density at radius 3 is 2.89 bits per heavy atom. The topological polar surface area (TPSA) is 38.5 Å². The van der Waals surface area contributed by atoms with E-state index in [0.29, 0.717) is 5.92 Å². The fourth-order valence-corrected chi connectivity index (χ4v) is 2.47. The summed E-state index contributed by atoms with van der Waals surface area (Å²) >= 11 is 6.19. The zero-order valence-corrected chi connectivity index (χ0v) is 12.1. The smallest absolute Gasteiger partial charge is 0.119 e. The predicted molar refractivity (Wildman–Crippen MR) is 77.7 cm³/mol. The van der Waals surface area contributed by atoms with Gasteiger partial charge in [-0.25, -0.2) is 0 Å². The molecule has 1 aliphatic rings. The van der Waals surface area contributed by atoms with E-state index in [9.17, 15) is 0 Å². The van der Waals surface area contributed by atoms with Gasteiger partial charge >= 0.3 is 0 Å². The maximum absolute atomic E-state index is 6.19. The zero-order valence-electron chi connectivity index (χ0n) is 10.6. The van der Waals surface area contributed by atoms with Gasteiger partial charge in [-0.05, 0) is 49.2 Å². The number of likely N-dealkylation sites (tertiary alicyclic amines) is 1. The lowest BCUT2D eigenvalue weighted by molar-refractivity contribution is 0.317. The molecule has 1 aliphatic heterocycles. The summed E-state index contributed by atoms with van der Waals surface area (Å²) in [7, 11) is 1.67. The molecule has 2 N–H and O–H groups in total. The second-order valence-electron chi connectivity index (χ2n) is 4.58. The number of nitrogens with two attached hydrogens (primary N) is 1. The van der Waals surface area contributed by atoms with Crippen molar-refractivity contribution < 1.29 is 4.74 Å². The Kier molecular flexibility index (Phi) is 6.22. The minimum atomic E-state index is 0.